The van der Waals surface area contributed by atoms with Crippen LogP contribution in [0.3, 0.4) is 0 Å². The van der Waals surface area contributed by atoms with Crippen molar-refractivity contribution >= 4 is 17.5 Å². The van der Waals surface area contributed by atoms with E-state index in [0.29, 0.717) is 23.7 Å². The number of carbonyl (C=O) groups is 1. The average Bonchev–Trinajstić information content (AvgIpc) is 2.92. The Kier molecular flexibility index (Phi) is 4.92. The maximum Gasteiger partial charge on any atom is 0.255 e. The monoisotopic (exact) mass is 337 g/mol. The van der Waals surface area contributed by atoms with Gasteiger partial charge in [0.1, 0.15) is 0 Å². The first-order chi connectivity index (χ1) is 11.0. The first-order valence-electron chi connectivity index (χ1n) is 8.12. The van der Waals surface area contributed by atoms with E-state index >= 15 is 0 Å². The van der Waals surface area contributed by atoms with Crippen LogP contribution in [-0.2, 0) is 0 Å². The molecule has 2 heterocycles. The number of hydrogen-bond donors (Lipinski definition) is 1. The van der Waals surface area contributed by atoms with E-state index in [0.717, 1.165) is 31.7 Å². The predicted molar refractivity (Wildman–Crippen MR) is 91.0 cm³/mol. The van der Waals surface area contributed by atoms with E-state index in [-0.39, 0.29) is 11.9 Å². The van der Waals surface area contributed by atoms with Gasteiger partial charge in [0.05, 0.1) is 22.7 Å². The molecule has 0 radical (unpaired) electrons. The Hall–Kier alpha value is -1.14. The minimum Gasteiger partial charge on any atom is -0.390 e. The van der Waals surface area contributed by atoms with Crippen molar-refractivity contribution < 1.29 is 9.90 Å². The smallest absolute Gasteiger partial charge is 0.255 e. The standard InChI is InChI=1S/C17H24ClN3O2/c1-12-4-3-5-13(16(12)18)17(23)21-10-14(15(22)11-21)20-8-6-19(2)7-9-20/h3-5,14-15,22H,6-11H2,1-2H3/t14-,15-/m0/s1. The lowest BCUT2D eigenvalue weighted by Crippen LogP contribution is -2.52. The molecule has 6 heteroatoms. The normalized spacial score (nSPS) is 26.7. The highest BCUT2D eigenvalue weighted by atomic mass is 35.5. The molecule has 0 spiro atoms. The highest BCUT2D eigenvalue weighted by Crippen LogP contribution is 2.25. The van der Waals surface area contributed by atoms with Gasteiger partial charge >= 0.3 is 0 Å². The molecule has 1 amide bonds. The van der Waals surface area contributed by atoms with E-state index in [9.17, 15) is 9.90 Å². The summed E-state index contributed by atoms with van der Waals surface area (Å²) in [6.45, 7) is 6.71. The maximum atomic E-state index is 12.7. The molecule has 1 aromatic carbocycles. The second-order valence-electron chi connectivity index (χ2n) is 6.62. The number of nitrogens with zero attached hydrogens (tertiary/aromatic N) is 3. The van der Waals surface area contributed by atoms with E-state index in [1.807, 2.05) is 19.1 Å². The van der Waals surface area contributed by atoms with E-state index < -0.39 is 6.10 Å². The van der Waals surface area contributed by atoms with Crippen molar-refractivity contribution in [2.45, 2.75) is 19.1 Å². The van der Waals surface area contributed by atoms with Crippen LogP contribution in [0.4, 0.5) is 0 Å². The number of piperazine rings is 1. The third-order valence-electron chi connectivity index (χ3n) is 4.98. The summed E-state index contributed by atoms with van der Waals surface area (Å²) in [7, 11) is 2.11. The molecule has 2 aliphatic rings. The SMILES string of the molecule is Cc1cccc(C(=O)N2C[C@H](O)[C@@H](N3CCN(C)CC3)C2)c1Cl. The van der Waals surface area contributed by atoms with Gasteiger partial charge in [-0.25, -0.2) is 0 Å². The second kappa shape index (κ2) is 6.77. The fraction of sp³-hybridized carbons (Fsp3) is 0.588. The van der Waals surface area contributed by atoms with Crippen LogP contribution in [0.5, 0.6) is 0 Å². The lowest BCUT2D eigenvalue weighted by Gasteiger charge is -2.37. The van der Waals surface area contributed by atoms with Crippen molar-refractivity contribution in [1.29, 1.82) is 0 Å². The summed E-state index contributed by atoms with van der Waals surface area (Å²) in [6.07, 6.45) is -0.494. The van der Waals surface area contributed by atoms with Crippen LogP contribution >= 0.6 is 11.6 Å². The van der Waals surface area contributed by atoms with Gasteiger partial charge < -0.3 is 14.9 Å². The quantitative estimate of drug-likeness (QED) is 0.877. The number of likely N-dealkylation sites (N-methyl/N-ethyl adjacent to an activating group) is 1. The molecule has 0 bridgehead atoms. The Bertz CT molecular complexity index is 587. The summed E-state index contributed by atoms with van der Waals surface area (Å²) >= 11 is 6.28. The third-order valence-corrected chi connectivity index (χ3v) is 5.48. The van der Waals surface area contributed by atoms with Gasteiger partial charge in [0.15, 0.2) is 0 Å². The summed E-state index contributed by atoms with van der Waals surface area (Å²) in [6, 6.07) is 5.52. The van der Waals surface area contributed by atoms with Gasteiger partial charge in [-0.05, 0) is 25.6 Å². The number of amides is 1. The molecular formula is C17H24ClN3O2. The molecule has 2 aliphatic heterocycles. The molecule has 2 saturated heterocycles. The lowest BCUT2D eigenvalue weighted by molar-refractivity contribution is 0.0512. The highest BCUT2D eigenvalue weighted by molar-refractivity contribution is 6.34. The van der Waals surface area contributed by atoms with Gasteiger partial charge in [-0.3, -0.25) is 9.69 Å². The van der Waals surface area contributed by atoms with E-state index in [1.165, 1.54) is 0 Å². The molecule has 23 heavy (non-hydrogen) atoms. The number of halogens is 1. The zero-order valence-corrected chi connectivity index (χ0v) is 14.5. The average molecular weight is 338 g/mol. The van der Waals surface area contributed by atoms with Crippen LogP contribution in [0.2, 0.25) is 5.02 Å². The molecule has 1 aromatic rings. The van der Waals surface area contributed by atoms with Crippen molar-refractivity contribution in [1.82, 2.24) is 14.7 Å². The fourth-order valence-corrected chi connectivity index (χ4v) is 3.64. The van der Waals surface area contributed by atoms with Crippen LogP contribution in [0, 0.1) is 6.92 Å². The van der Waals surface area contributed by atoms with Gasteiger partial charge in [-0.2, -0.15) is 0 Å². The molecule has 0 aromatic heterocycles. The molecule has 2 atom stereocenters. The molecule has 2 fully saturated rings. The fourth-order valence-electron chi connectivity index (χ4n) is 3.43. The van der Waals surface area contributed by atoms with Crippen LogP contribution in [0.1, 0.15) is 15.9 Å². The number of likely N-dealkylation sites (tertiary alicyclic amines) is 1. The van der Waals surface area contributed by atoms with E-state index in [4.69, 9.17) is 11.6 Å². The largest absolute Gasteiger partial charge is 0.390 e. The molecule has 3 rings (SSSR count). The zero-order valence-electron chi connectivity index (χ0n) is 13.7. The first-order valence-corrected chi connectivity index (χ1v) is 8.50. The van der Waals surface area contributed by atoms with Crippen molar-refractivity contribution in [3.8, 4) is 0 Å². The Morgan fingerprint density at radius 1 is 1.22 bits per heavy atom. The van der Waals surface area contributed by atoms with E-state index in [1.54, 1.807) is 11.0 Å². The van der Waals surface area contributed by atoms with Crippen molar-refractivity contribution in [2.24, 2.45) is 0 Å². The number of benzene rings is 1. The summed E-state index contributed by atoms with van der Waals surface area (Å²) < 4.78 is 0. The molecule has 5 nitrogen and oxygen atoms in total. The van der Waals surface area contributed by atoms with Crippen LogP contribution in [0.15, 0.2) is 18.2 Å². The van der Waals surface area contributed by atoms with Crippen LogP contribution in [0.25, 0.3) is 0 Å². The maximum absolute atomic E-state index is 12.7. The Balaban J connectivity index is 1.70. The minimum absolute atomic E-state index is 0.0243. The summed E-state index contributed by atoms with van der Waals surface area (Å²) in [5, 5.41) is 10.9. The van der Waals surface area contributed by atoms with Gasteiger partial charge in [0.2, 0.25) is 0 Å². The predicted octanol–water partition coefficient (Wildman–Crippen LogP) is 1.08. The van der Waals surface area contributed by atoms with Gasteiger partial charge in [-0.1, -0.05) is 23.7 Å². The first kappa shape index (κ1) is 16.7. The second-order valence-corrected chi connectivity index (χ2v) is 7.00. The van der Waals surface area contributed by atoms with Crippen molar-refractivity contribution in [3.63, 3.8) is 0 Å². The Morgan fingerprint density at radius 3 is 2.61 bits per heavy atom. The summed E-state index contributed by atoms with van der Waals surface area (Å²) in [5.41, 5.74) is 1.42. The number of carbonyl (C=O) groups excluding carboxylic acids is 1. The Labute approximate surface area is 142 Å². The molecule has 0 unspecified atom stereocenters. The minimum atomic E-state index is -0.494. The summed E-state index contributed by atoms with van der Waals surface area (Å²) in [4.78, 5) is 19.1. The Morgan fingerprint density at radius 2 is 1.91 bits per heavy atom. The molecule has 0 saturated carbocycles. The number of β-amino-alcohol motifs (C(OH)–C–C–N with tert-alkyl or cyclic N) is 1. The van der Waals surface area contributed by atoms with Crippen LogP contribution in [-0.4, -0.2) is 84.2 Å². The van der Waals surface area contributed by atoms with E-state index in [2.05, 4.69) is 16.8 Å². The molecular weight excluding hydrogens is 314 g/mol. The lowest BCUT2D eigenvalue weighted by atomic mass is 10.1. The molecule has 126 valence electrons. The topological polar surface area (TPSA) is 47.0 Å². The number of rotatable bonds is 2. The molecule has 1 N–H and O–H groups in total. The number of hydrogen-bond acceptors (Lipinski definition) is 4. The number of aliphatic hydroxyl groups is 1. The van der Waals surface area contributed by atoms with Gasteiger partial charge in [-0.15, -0.1) is 0 Å². The third kappa shape index (κ3) is 3.38. The van der Waals surface area contributed by atoms with Crippen molar-refractivity contribution in [2.75, 3.05) is 46.3 Å². The van der Waals surface area contributed by atoms with Crippen molar-refractivity contribution in [3.05, 3.63) is 34.3 Å². The number of aryl methyl sites for hydroxylation is 1. The highest BCUT2D eigenvalue weighted by Gasteiger charge is 2.38. The number of aliphatic hydroxyl groups excluding tert-OH is 1. The molecule has 0 aliphatic carbocycles. The zero-order chi connectivity index (χ0) is 16.6. The van der Waals surface area contributed by atoms with Gasteiger partial charge in [0.25, 0.3) is 5.91 Å². The summed E-state index contributed by atoms with van der Waals surface area (Å²) in [5.74, 6) is -0.0885. The van der Waals surface area contributed by atoms with Gasteiger partial charge in [0, 0.05) is 39.3 Å². The van der Waals surface area contributed by atoms with Crippen LogP contribution < -0.4 is 0 Å².